The summed E-state index contributed by atoms with van der Waals surface area (Å²) in [4.78, 5) is 17.5. The average molecular weight is 411 g/mol. The lowest BCUT2D eigenvalue weighted by atomic mass is 9.88. The van der Waals surface area contributed by atoms with Crippen molar-refractivity contribution in [3.63, 3.8) is 0 Å². The van der Waals surface area contributed by atoms with Crippen LogP contribution < -0.4 is 15.5 Å². The van der Waals surface area contributed by atoms with Gasteiger partial charge in [0.2, 0.25) is 5.91 Å². The first-order chi connectivity index (χ1) is 14.3. The molecule has 2 aliphatic heterocycles. The lowest BCUT2D eigenvalue weighted by molar-refractivity contribution is -0.116. The molecule has 30 heavy (non-hydrogen) atoms. The Bertz CT molecular complexity index is 919. The fourth-order valence-electron chi connectivity index (χ4n) is 4.43. The minimum absolute atomic E-state index is 0.138. The van der Waals surface area contributed by atoms with E-state index in [4.69, 9.17) is 0 Å². The molecule has 0 aromatic heterocycles. The molecule has 2 aliphatic rings. The molecule has 6 heteroatoms. The third-order valence-electron chi connectivity index (χ3n) is 6.91. The van der Waals surface area contributed by atoms with E-state index in [1.807, 2.05) is 25.1 Å². The van der Waals surface area contributed by atoms with Crippen LogP contribution in [-0.4, -0.2) is 49.6 Å². The number of amides is 1. The molecule has 1 fully saturated rings. The van der Waals surface area contributed by atoms with Crippen LogP contribution in [0.1, 0.15) is 30.9 Å². The van der Waals surface area contributed by atoms with Gasteiger partial charge in [-0.1, -0.05) is 12.1 Å². The highest BCUT2D eigenvalue weighted by Gasteiger charge is 2.32. The summed E-state index contributed by atoms with van der Waals surface area (Å²) < 4.78 is 14.1. The van der Waals surface area contributed by atoms with Crippen molar-refractivity contribution in [1.29, 1.82) is 0 Å². The smallest absolute Gasteiger partial charge is 0.247 e. The monoisotopic (exact) mass is 410 g/mol. The van der Waals surface area contributed by atoms with Crippen molar-refractivity contribution in [1.82, 2.24) is 4.90 Å². The number of nitrogens with zero attached hydrogens (tertiary/aromatic N) is 2. The van der Waals surface area contributed by atoms with Gasteiger partial charge in [-0.05, 0) is 70.6 Å². The average Bonchev–Trinajstić information content (AvgIpc) is 3.19. The van der Waals surface area contributed by atoms with Gasteiger partial charge in [0.15, 0.2) is 0 Å². The summed E-state index contributed by atoms with van der Waals surface area (Å²) in [5.74, 6) is -0.392. The second-order valence-electron chi connectivity index (χ2n) is 9.04. The molecule has 1 amide bonds. The summed E-state index contributed by atoms with van der Waals surface area (Å²) in [5, 5.41) is 6.21. The molecule has 1 saturated heterocycles. The van der Waals surface area contributed by atoms with E-state index < -0.39 is 6.04 Å². The molecule has 2 N–H and O–H groups in total. The van der Waals surface area contributed by atoms with Crippen LogP contribution in [-0.2, 0) is 11.2 Å². The van der Waals surface area contributed by atoms with Crippen molar-refractivity contribution in [2.75, 3.05) is 42.7 Å². The molecule has 5 nitrogen and oxygen atoms in total. The van der Waals surface area contributed by atoms with Gasteiger partial charge in [0.1, 0.15) is 11.9 Å². The third-order valence-corrected chi connectivity index (χ3v) is 6.91. The van der Waals surface area contributed by atoms with Crippen molar-refractivity contribution in [2.24, 2.45) is 0 Å². The summed E-state index contributed by atoms with van der Waals surface area (Å²) in [6.07, 6.45) is 2.57. The fraction of sp³-hybridized carbons (Fsp3) is 0.458. The van der Waals surface area contributed by atoms with Crippen LogP contribution in [0, 0.1) is 12.7 Å². The largest absolute Gasteiger partial charge is 0.373 e. The second-order valence-corrected chi connectivity index (χ2v) is 9.04. The highest BCUT2D eigenvalue weighted by molar-refractivity contribution is 5.98. The Kier molecular flexibility index (Phi) is 5.45. The Morgan fingerprint density at radius 2 is 1.97 bits per heavy atom. The number of anilines is 3. The molecule has 2 heterocycles. The van der Waals surface area contributed by atoms with Crippen molar-refractivity contribution in [2.45, 2.75) is 44.7 Å². The van der Waals surface area contributed by atoms with Gasteiger partial charge in [0.25, 0.3) is 0 Å². The zero-order chi connectivity index (χ0) is 21.5. The number of nitrogens with one attached hydrogen (secondary N) is 2. The Balaban J connectivity index is 1.41. The fourth-order valence-corrected chi connectivity index (χ4v) is 4.43. The normalized spacial score (nSPS) is 20.1. The molecule has 0 saturated carbocycles. The van der Waals surface area contributed by atoms with Gasteiger partial charge in [-0.3, -0.25) is 4.79 Å². The maximum Gasteiger partial charge on any atom is 0.247 e. The van der Waals surface area contributed by atoms with Crippen LogP contribution >= 0.6 is 0 Å². The molecule has 0 aliphatic carbocycles. The van der Waals surface area contributed by atoms with Crippen molar-refractivity contribution < 1.29 is 9.18 Å². The SMILES string of the molecule is Cc1ccc(F)c2c1NC(C(=O)Nc1cccc(N3CCC(C)(N(C)C)CC3)c1)C2. The van der Waals surface area contributed by atoms with E-state index in [-0.39, 0.29) is 17.3 Å². The Morgan fingerprint density at radius 3 is 2.63 bits per heavy atom. The van der Waals surface area contributed by atoms with E-state index in [0.717, 1.165) is 48.6 Å². The first-order valence-electron chi connectivity index (χ1n) is 10.6. The van der Waals surface area contributed by atoms with E-state index in [0.29, 0.717) is 12.0 Å². The van der Waals surface area contributed by atoms with Crippen LogP contribution in [0.4, 0.5) is 21.5 Å². The second kappa shape index (κ2) is 7.91. The molecule has 0 spiro atoms. The van der Waals surface area contributed by atoms with Crippen LogP contribution in [0.3, 0.4) is 0 Å². The van der Waals surface area contributed by atoms with Crippen molar-refractivity contribution >= 4 is 23.0 Å². The standard InChI is InChI=1S/C24H31FN4O/c1-16-8-9-20(25)19-15-21(27-22(16)19)23(30)26-17-6-5-7-18(14-17)29-12-10-24(2,11-13-29)28(3)4/h5-9,14,21,27H,10-13,15H2,1-4H3,(H,26,30). The van der Waals surface area contributed by atoms with Gasteiger partial charge in [-0.15, -0.1) is 0 Å². The molecule has 0 bridgehead atoms. The predicted octanol–water partition coefficient (Wildman–Crippen LogP) is 4.03. The van der Waals surface area contributed by atoms with E-state index >= 15 is 0 Å². The van der Waals surface area contributed by atoms with E-state index in [1.54, 1.807) is 6.07 Å². The molecule has 4 rings (SSSR count). The first kappa shape index (κ1) is 20.7. The number of aryl methyl sites for hydroxylation is 1. The summed E-state index contributed by atoms with van der Waals surface area (Å²) in [6, 6.07) is 10.8. The van der Waals surface area contributed by atoms with E-state index in [1.165, 1.54) is 6.07 Å². The topological polar surface area (TPSA) is 47.6 Å². The van der Waals surface area contributed by atoms with Gasteiger partial charge < -0.3 is 20.4 Å². The summed E-state index contributed by atoms with van der Waals surface area (Å²) in [6.45, 7) is 6.22. The van der Waals surface area contributed by atoms with Crippen LogP contribution in [0.2, 0.25) is 0 Å². The maximum absolute atomic E-state index is 14.1. The number of piperidine rings is 1. The summed E-state index contributed by atoms with van der Waals surface area (Å²) >= 11 is 0. The van der Waals surface area contributed by atoms with Crippen molar-refractivity contribution in [3.05, 3.63) is 53.3 Å². The molecule has 2 aromatic carbocycles. The number of halogens is 1. The van der Waals surface area contributed by atoms with Crippen LogP contribution in [0.5, 0.6) is 0 Å². The molecule has 2 aromatic rings. The number of rotatable bonds is 4. The lowest BCUT2D eigenvalue weighted by Gasteiger charge is -2.44. The van der Waals surface area contributed by atoms with Gasteiger partial charge in [-0.2, -0.15) is 0 Å². The van der Waals surface area contributed by atoms with Gasteiger partial charge in [-0.25, -0.2) is 4.39 Å². The van der Waals surface area contributed by atoms with Crippen LogP contribution in [0.15, 0.2) is 36.4 Å². The number of hydrogen-bond donors (Lipinski definition) is 2. The van der Waals surface area contributed by atoms with E-state index in [9.17, 15) is 9.18 Å². The highest BCUT2D eigenvalue weighted by atomic mass is 19.1. The van der Waals surface area contributed by atoms with Crippen LogP contribution in [0.25, 0.3) is 0 Å². The molecule has 1 unspecified atom stereocenters. The Labute approximate surface area is 178 Å². The van der Waals surface area contributed by atoms with Gasteiger partial charge in [0.05, 0.1) is 0 Å². The third kappa shape index (κ3) is 3.88. The quantitative estimate of drug-likeness (QED) is 0.799. The number of benzene rings is 2. The Morgan fingerprint density at radius 1 is 1.23 bits per heavy atom. The number of carbonyl (C=O) groups excluding carboxylic acids is 1. The zero-order valence-electron chi connectivity index (χ0n) is 18.3. The molecular weight excluding hydrogens is 379 g/mol. The molecule has 1 atom stereocenters. The van der Waals surface area contributed by atoms with Gasteiger partial charge >= 0.3 is 0 Å². The predicted molar refractivity (Wildman–Crippen MR) is 121 cm³/mol. The molecular formula is C24H31FN4O. The van der Waals surface area contributed by atoms with E-state index in [2.05, 4.69) is 47.5 Å². The number of hydrogen-bond acceptors (Lipinski definition) is 4. The number of carbonyl (C=O) groups is 1. The minimum atomic E-state index is -0.463. The molecule has 0 radical (unpaired) electrons. The highest BCUT2D eigenvalue weighted by Crippen LogP contribution is 2.33. The summed E-state index contributed by atoms with van der Waals surface area (Å²) in [5.41, 5.74) is 4.44. The van der Waals surface area contributed by atoms with Crippen molar-refractivity contribution in [3.8, 4) is 0 Å². The lowest BCUT2D eigenvalue weighted by Crippen LogP contribution is -2.50. The zero-order valence-corrected chi connectivity index (χ0v) is 18.3. The molecule has 160 valence electrons. The minimum Gasteiger partial charge on any atom is -0.373 e. The van der Waals surface area contributed by atoms with Gasteiger partial charge in [0, 0.05) is 47.7 Å². The number of fused-ring (bicyclic) bond motifs is 1. The maximum atomic E-state index is 14.1. The Hall–Kier alpha value is -2.60. The summed E-state index contributed by atoms with van der Waals surface area (Å²) in [7, 11) is 4.29. The first-order valence-corrected chi connectivity index (χ1v) is 10.6.